The molecule has 172 valence electrons. The Bertz CT molecular complexity index is 1100. The summed E-state index contributed by atoms with van der Waals surface area (Å²) >= 11 is 6.10. The number of aromatic nitrogens is 1. The minimum absolute atomic E-state index is 0.0143. The van der Waals surface area contributed by atoms with Crippen LogP contribution in [0.2, 0.25) is 5.02 Å². The molecule has 0 aliphatic carbocycles. The molecule has 1 aliphatic rings. The molecule has 12 heteroatoms. The number of amides is 1. The Balaban J connectivity index is 1.92. The molecule has 1 saturated heterocycles. The fourth-order valence-corrected chi connectivity index (χ4v) is 5.25. The molecule has 10 nitrogen and oxygen atoms in total. The van der Waals surface area contributed by atoms with Crippen molar-refractivity contribution in [1.29, 1.82) is 0 Å². The van der Waals surface area contributed by atoms with Crippen LogP contribution in [0.15, 0.2) is 42.6 Å². The summed E-state index contributed by atoms with van der Waals surface area (Å²) in [6, 6.07) is 8.96. The number of hydrogen-bond donors (Lipinski definition) is 1. The maximum atomic E-state index is 13.6. The second-order valence-corrected chi connectivity index (χ2v) is 9.50. The molecule has 1 N–H and O–H groups in total. The monoisotopic (exact) mass is 482 g/mol. The molecule has 0 bridgehead atoms. The number of methoxy groups -OCH3 is 1. The lowest BCUT2D eigenvalue weighted by molar-refractivity contribution is 0.0600. The molecule has 1 aliphatic heterocycles. The first-order valence-electron chi connectivity index (χ1n) is 9.69. The van der Waals surface area contributed by atoms with E-state index in [-0.39, 0.29) is 31.7 Å². The summed E-state index contributed by atoms with van der Waals surface area (Å²) < 4.78 is 34.2. The number of rotatable bonds is 6. The molecule has 2 heterocycles. The number of nitrogens with zero attached hydrogens (tertiary/aromatic N) is 4. The van der Waals surface area contributed by atoms with E-state index in [4.69, 9.17) is 11.6 Å². The van der Waals surface area contributed by atoms with Gasteiger partial charge < -0.3 is 14.7 Å². The van der Waals surface area contributed by atoms with Gasteiger partial charge in [0.15, 0.2) is 0 Å². The zero-order valence-corrected chi connectivity index (χ0v) is 19.1. The molecule has 1 aromatic heterocycles. The van der Waals surface area contributed by atoms with E-state index in [1.165, 1.54) is 38.9 Å². The summed E-state index contributed by atoms with van der Waals surface area (Å²) in [6.45, 7) is 1.64. The number of anilines is 1. The van der Waals surface area contributed by atoms with Gasteiger partial charge in [0.2, 0.25) is 0 Å². The van der Waals surface area contributed by atoms with Gasteiger partial charge in [-0.1, -0.05) is 17.7 Å². The van der Waals surface area contributed by atoms with Crippen molar-refractivity contribution in [2.24, 2.45) is 0 Å². The summed E-state index contributed by atoms with van der Waals surface area (Å²) in [7, 11) is -2.79. The minimum atomic E-state index is -4.05. The highest BCUT2D eigenvalue weighted by molar-refractivity contribution is 7.90. The quantitative estimate of drug-likeness (QED) is 0.628. The van der Waals surface area contributed by atoms with Gasteiger partial charge >= 0.3 is 22.3 Å². The number of carbonyl (C=O) groups is 2. The van der Waals surface area contributed by atoms with E-state index in [1.54, 1.807) is 31.2 Å². The summed E-state index contributed by atoms with van der Waals surface area (Å²) in [6.07, 6.45) is 0.230. The topological polar surface area (TPSA) is 120 Å². The van der Waals surface area contributed by atoms with Crippen LogP contribution in [0.5, 0.6) is 0 Å². The van der Waals surface area contributed by atoms with Crippen molar-refractivity contribution < 1.29 is 27.9 Å². The van der Waals surface area contributed by atoms with Crippen molar-refractivity contribution in [3.05, 3.63) is 58.9 Å². The van der Waals surface area contributed by atoms with Crippen molar-refractivity contribution >= 4 is 39.6 Å². The molecule has 0 saturated carbocycles. The third-order valence-corrected chi connectivity index (χ3v) is 7.20. The van der Waals surface area contributed by atoms with E-state index in [0.29, 0.717) is 16.4 Å². The lowest BCUT2D eigenvalue weighted by atomic mass is 10.2. The van der Waals surface area contributed by atoms with Crippen molar-refractivity contribution in [2.75, 3.05) is 31.0 Å². The Labute approximate surface area is 191 Å². The molecular weight excluding hydrogens is 460 g/mol. The van der Waals surface area contributed by atoms with Gasteiger partial charge in [-0.15, -0.1) is 0 Å². The molecule has 32 heavy (non-hydrogen) atoms. The van der Waals surface area contributed by atoms with Crippen molar-refractivity contribution in [2.45, 2.75) is 19.5 Å². The minimum Gasteiger partial charge on any atom is -0.465 e. The molecule has 0 radical (unpaired) electrons. The van der Waals surface area contributed by atoms with Gasteiger partial charge in [0.05, 0.1) is 30.6 Å². The average Bonchev–Trinajstić information content (AvgIpc) is 2.76. The van der Waals surface area contributed by atoms with E-state index in [2.05, 4.69) is 9.72 Å². The lowest BCUT2D eigenvalue weighted by Gasteiger charge is -2.39. The van der Waals surface area contributed by atoms with Crippen LogP contribution >= 0.6 is 11.6 Å². The summed E-state index contributed by atoms with van der Waals surface area (Å²) in [5.41, 5.74) is 0.982. The van der Waals surface area contributed by atoms with Gasteiger partial charge in [-0.3, -0.25) is 9.29 Å². The Hall–Kier alpha value is -2.89. The number of hydrogen-bond acceptors (Lipinski definition) is 6. The van der Waals surface area contributed by atoms with Crippen LogP contribution in [0, 0.1) is 0 Å². The van der Waals surface area contributed by atoms with E-state index >= 15 is 0 Å². The molecular formula is C20H23ClN4O6S. The van der Waals surface area contributed by atoms with Crippen LogP contribution in [0.4, 0.5) is 10.5 Å². The number of piperazine rings is 1. The third-order valence-electron chi connectivity index (χ3n) is 5.09. The van der Waals surface area contributed by atoms with Crippen LogP contribution in [0.25, 0.3) is 0 Å². The molecule has 3 rings (SSSR count). The van der Waals surface area contributed by atoms with Gasteiger partial charge in [-0.05, 0) is 37.3 Å². The predicted octanol–water partition coefficient (Wildman–Crippen LogP) is 2.46. The number of carbonyl (C=O) groups excluding carboxylic acids is 1. The van der Waals surface area contributed by atoms with Crippen LogP contribution in [-0.4, -0.2) is 72.6 Å². The zero-order chi connectivity index (χ0) is 23.5. The number of pyridine rings is 1. The maximum absolute atomic E-state index is 13.6. The lowest BCUT2D eigenvalue weighted by Crippen LogP contribution is -2.57. The zero-order valence-electron chi connectivity index (χ0n) is 17.5. The first-order valence-corrected chi connectivity index (χ1v) is 11.5. The number of carboxylic acid groups (broad SMARTS) is 1. The molecule has 0 spiro atoms. The van der Waals surface area contributed by atoms with Crippen LogP contribution in [-0.2, 0) is 21.5 Å². The highest BCUT2D eigenvalue weighted by atomic mass is 35.5. The van der Waals surface area contributed by atoms with E-state index < -0.39 is 28.3 Å². The first-order chi connectivity index (χ1) is 15.1. The highest BCUT2D eigenvalue weighted by Gasteiger charge is 2.37. The van der Waals surface area contributed by atoms with Crippen molar-refractivity contribution in [1.82, 2.24) is 14.2 Å². The van der Waals surface area contributed by atoms with Gasteiger partial charge in [0.1, 0.15) is 0 Å². The van der Waals surface area contributed by atoms with Gasteiger partial charge in [-0.25, -0.2) is 9.59 Å². The number of ether oxygens (including phenoxy) is 1. The smallest absolute Gasteiger partial charge is 0.407 e. The SMILES string of the molecule is COC(=O)c1ccc(CN(c2cccc(Cl)c2)S(=O)(=O)N2CCN(C(=O)O)[C@H](C)C2)nc1. The van der Waals surface area contributed by atoms with Gasteiger partial charge in [0.25, 0.3) is 0 Å². The summed E-state index contributed by atoms with van der Waals surface area (Å²) in [5.74, 6) is -0.548. The van der Waals surface area contributed by atoms with Gasteiger partial charge in [-0.2, -0.15) is 12.7 Å². The molecule has 0 unspecified atom stereocenters. The molecule has 1 amide bonds. The Morgan fingerprint density at radius 3 is 2.59 bits per heavy atom. The van der Waals surface area contributed by atoms with Crippen molar-refractivity contribution in [3.8, 4) is 0 Å². The Morgan fingerprint density at radius 2 is 2.03 bits per heavy atom. The number of halogens is 1. The number of benzene rings is 1. The predicted molar refractivity (Wildman–Crippen MR) is 118 cm³/mol. The second-order valence-electron chi connectivity index (χ2n) is 7.21. The van der Waals surface area contributed by atoms with E-state index in [0.717, 1.165) is 0 Å². The standard InChI is InChI=1S/C20H23ClN4O6S/c1-14-12-23(8-9-24(14)20(27)28)32(29,30)25(18-5-3-4-16(21)10-18)13-17-7-6-15(11-22-17)19(26)31-2/h3-7,10-11,14H,8-9,12-13H2,1-2H3,(H,27,28)/t14-/m1/s1. The second kappa shape index (κ2) is 9.72. The molecule has 1 aromatic carbocycles. The summed E-state index contributed by atoms with van der Waals surface area (Å²) in [4.78, 5) is 28.4. The Morgan fingerprint density at radius 1 is 1.28 bits per heavy atom. The fourth-order valence-electron chi connectivity index (χ4n) is 3.40. The largest absolute Gasteiger partial charge is 0.465 e. The van der Waals surface area contributed by atoms with Crippen LogP contribution in [0.1, 0.15) is 23.0 Å². The first kappa shape index (κ1) is 23.8. The van der Waals surface area contributed by atoms with Crippen molar-refractivity contribution in [3.63, 3.8) is 0 Å². The van der Waals surface area contributed by atoms with Gasteiger partial charge in [0, 0.05) is 36.9 Å². The molecule has 1 fully saturated rings. The van der Waals surface area contributed by atoms with E-state index in [1.807, 2.05) is 0 Å². The molecule has 1 atom stereocenters. The van der Waals surface area contributed by atoms with E-state index in [9.17, 15) is 23.1 Å². The highest BCUT2D eigenvalue weighted by Crippen LogP contribution is 2.27. The molecule has 2 aromatic rings. The Kier molecular flexibility index (Phi) is 7.22. The van der Waals surface area contributed by atoms with Crippen LogP contribution < -0.4 is 4.31 Å². The maximum Gasteiger partial charge on any atom is 0.407 e. The third kappa shape index (κ3) is 5.12. The fraction of sp³-hybridized carbons (Fsp3) is 0.350. The normalized spacial score (nSPS) is 17.1. The summed E-state index contributed by atoms with van der Waals surface area (Å²) in [5, 5.41) is 9.64. The van der Waals surface area contributed by atoms with Crippen LogP contribution in [0.3, 0.4) is 0 Å². The number of esters is 1. The average molecular weight is 483 g/mol.